The lowest BCUT2D eigenvalue weighted by atomic mass is 10.2. The van der Waals surface area contributed by atoms with Crippen molar-refractivity contribution in [3.63, 3.8) is 0 Å². The van der Waals surface area contributed by atoms with Gasteiger partial charge in [0, 0.05) is 20.3 Å². The third kappa shape index (κ3) is 3.72. The Morgan fingerprint density at radius 3 is 2.62 bits per heavy atom. The zero-order valence-corrected chi connectivity index (χ0v) is 13.4. The van der Waals surface area contributed by atoms with Gasteiger partial charge in [-0.25, -0.2) is 9.97 Å². The molecule has 0 fully saturated rings. The van der Waals surface area contributed by atoms with E-state index >= 15 is 0 Å². The molecular weight excluding hydrogens is 288 g/mol. The fraction of sp³-hybridized carbons (Fsp3) is 0.462. The highest BCUT2D eigenvalue weighted by Gasteiger charge is 2.13. The van der Waals surface area contributed by atoms with Crippen molar-refractivity contribution in [3.05, 3.63) is 27.5 Å². The zero-order valence-electron chi connectivity index (χ0n) is 12.5. The van der Waals surface area contributed by atoms with E-state index in [4.69, 9.17) is 0 Å². The van der Waals surface area contributed by atoms with Crippen LogP contribution in [0.2, 0.25) is 0 Å². The lowest BCUT2D eigenvalue weighted by molar-refractivity contribution is 0.0949. The number of aromatic nitrogens is 4. The molecule has 1 N–H and O–H groups in total. The molecular formula is C13H18N6OS. The van der Waals surface area contributed by atoms with Crippen molar-refractivity contribution >= 4 is 23.2 Å². The summed E-state index contributed by atoms with van der Waals surface area (Å²) in [5.74, 6) is 0.381. The van der Waals surface area contributed by atoms with E-state index in [1.807, 2.05) is 21.0 Å². The van der Waals surface area contributed by atoms with E-state index in [0.717, 1.165) is 16.4 Å². The molecule has 0 spiro atoms. The molecule has 2 aromatic rings. The molecule has 1 amide bonds. The highest BCUT2D eigenvalue weighted by Crippen LogP contribution is 2.11. The third-order valence-electron chi connectivity index (χ3n) is 2.82. The summed E-state index contributed by atoms with van der Waals surface area (Å²) < 4.78 is 0. The molecule has 2 heterocycles. The molecule has 0 aliphatic heterocycles. The number of carbonyl (C=O) groups excluding carboxylic acids is 1. The number of hydrogen-bond acceptors (Lipinski definition) is 7. The molecule has 7 nitrogen and oxygen atoms in total. The second kappa shape index (κ2) is 6.57. The third-order valence-corrected chi connectivity index (χ3v) is 3.89. The molecule has 0 saturated carbocycles. The summed E-state index contributed by atoms with van der Waals surface area (Å²) >= 11 is 1.51. The highest BCUT2D eigenvalue weighted by atomic mass is 32.1. The number of nitrogens with zero attached hydrogens (tertiary/aromatic N) is 5. The van der Waals surface area contributed by atoms with Gasteiger partial charge in [-0.1, -0.05) is 18.3 Å². The Kier molecular flexibility index (Phi) is 4.79. The molecule has 0 atom stereocenters. The Bertz CT molecular complexity index is 639. The Balaban J connectivity index is 2.03. The molecule has 0 bridgehead atoms. The van der Waals surface area contributed by atoms with Gasteiger partial charge in [0.15, 0.2) is 0 Å². The van der Waals surface area contributed by atoms with Crippen LogP contribution in [0.1, 0.15) is 33.0 Å². The smallest absolute Gasteiger partial charge is 0.255 e. The Hall–Kier alpha value is -2.09. The minimum Gasteiger partial charge on any atom is -0.347 e. The monoisotopic (exact) mass is 306 g/mol. The minimum absolute atomic E-state index is 0.203. The first-order valence-corrected chi connectivity index (χ1v) is 7.43. The molecule has 0 aliphatic carbocycles. The molecule has 0 radical (unpaired) electrons. The van der Waals surface area contributed by atoms with Gasteiger partial charge in [-0.15, -0.1) is 10.2 Å². The summed E-state index contributed by atoms with van der Waals surface area (Å²) in [5, 5.41) is 12.6. The molecule has 0 aromatic carbocycles. The van der Waals surface area contributed by atoms with Crippen LogP contribution in [0.4, 0.5) is 5.95 Å². The minimum atomic E-state index is -0.203. The van der Waals surface area contributed by atoms with Crippen molar-refractivity contribution in [1.29, 1.82) is 0 Å². The number of amides is 1. The lowest BCUT2D eigenvalue weighted by Crippen LogP contribution is -2.25. The van der Waals surface area contributed by atoms with Crippen LogP contribution in [0, 0.1) is 6.92 Å². The first-order valence-electron chi connectivity index (χ1n) is 6.61. The van der Waals surface area contributed by atoms with Crippen molar-refractivity contribution in [1.82, 2.24) is 25.5 Å². The molecule has 8 heteroatoms. The van der Waals surface area contributed by atoms with E-state index in [9.17, 15) is 4.79 Å². The van der Waals surface area contributed by atoms with Crippen molar-refractivity contribution in [2.24, 2.45) is 0 Å². The molecule has 2 aromatic heterocycles. The normalized spacial score (nSPS) is 10.5. The predicted octanol–water partition coefficient (Wildman–Crippen LogP) is 1.19. The Labute approximate surface area is 127 Å². The van der Waals surface area contributed by atoms with Crippen LogP contribution < -0.4 is 10.2 Å². The van der Waals surface area contributed by atoms with Gasteiger partial charge in [-0.2, -0.15) is 0 Å². The van der Waals surface area contributed by atoms with Crippen molar-refractivity contribution < 1.29 is 4.79 Å². The van der Waals surface area contributed by atoms with E-state index in [1.54, 1.807) is 18.0 Å². The van der Waals surface area contributed by atoms with Crippen LogP contribution in [-0.4, -0.2) is 40.2 Å². The van der Waals surface area contributed by atoms with Gasteiger partial charge in [-0.3, -0.25) is 4.79 Å². The number of carbonyl (C=O) groups is 1. The molecule has 0 unspecified atom stereocenters. The topological polar surface area (TPSA) is 83.9 Å². The summed E-state index contributed by atoms with van der Waals surface area (Å²) in [6.07, 6.45) is 2.40. The van der Waals surface area contributed by atoms with Gasteiger partial charge in [0.05, 0.1) is 17.8 Å². The Morgan fingerprint density at radius 2 is 2.05 bits per heavy atom. The first-order chi connectivity index (χ1) is 10.0. The fourth-order valence-corrected chi connectivity index (χ4v) is 2.37. The quantitative estimate of drug-likeness (QED) is 0.893. The number of rotatable bonds is 5. The maximum absolute atomic E-state index is 12.1. The van der Waals surface area contributed by atoms with Crippen LogP contribution in [-0.2, 0) is 13.0 Å². The van der Waals surface area contributed by atoms with E-state index in [0.29, 0.717) is 23.8 Å². The van der Waals surface area contributed by atoms with Crippen LogP contribution in [0.25, 0.3) is 0 Å². The van der Waals surface area contributed by atoms with Gasteiger partial charge in [0.25, 0.3) is 5.91 Å². The largest absolute Gasteiger partial charge is 0.347 e. The zero-order chi connectivity index (χ0) is 15.4. The molecule has 0 aliphatic rings. The number of hydrogen-bond donors (Lipinski definition) is 1. The summed E-state index contributed by atoms with van der Waals surface area (Å²) in [7, 11) is 3.71. The standard InChI is InChI=1S/C13H18N6OS/c1-5-10-17-18-11(21-10)7-14-12(20)9-6-15-13(19(3)4)16-8(9)2/h6H,5,7H2,1-4H3,(H,14,20). The summed E-state index contributed by atoms with van der Waals surface area (Å²) in [4.78, 5) is 22.4. The predicted molar refractivity (Wildman–Crippen MR) is 81.6 cm³/mol. The van der Waals surface area contributed by atoms with Gasteiger partial charge >= 0.3 is 0 Å². The Morgan fingerprint density at radius 1 is 1.33 bits per heavy atom. The number of anilines is 1. The average molecular weight is 306 g/mol. The second-order valence-corrected chi connectivity index (χ2v) is 5.84. The van der Waals surface area contributed by atoms with E-state index in [-0.39, 0.29) is 5.91 Å². The summed E-state index contributed by atoms with van der Waals surface area (Å²) in [6, 6.07) is 0. The van der Waals surface area contributed by atoms with Crippen LogP contribution >= 0.6 is 11.3 Å². The van der Waals surface area contributed by atoms with Crippen LogP contribution in [0.3, 0.4) is 0 Å². The fourth-order valence-electron chi connectivity index (χ4n) is 1.65. The summed E-state index contributed by atoms with van der Waals surface area (Å²) in [5.41, 5.74) is 1.12. The number of aryl methyl sites for hydroxylation is 2. The van der Waals surface area contributed by atoms with Crippen LogP contribution in [0.5, 0.6) is 0 Å². The SMILES string of the molecule is CCc1nnc(CNC(=O)c2cnc(N(C)C)nc2C)s1. The molecule has 0 saturated heterocycles. The van der Waals surface area contributed by atoms with Crippen molar-refractivity contribution in [3.8, 4) is 0 Å². The molecule has 21 heavy (non-hydrogen) atoms. The van der Waals surface area contributed by atoms with Gasteiger partial charge in [-0.05, 0) is 13.3 Å². The molecule has 2 rings (SSSR count). The molecule has 112 valence electrons. The average Bonchev–Trinajstić information content (AvgIpc) is 2.92. The van der Waals surface area contributed by atoms with E-state index in [1.165, 1.54) is 11.3 Å². The first kappa shape index (κ1) is 15.3. The van der Waals surface area contributed by atoms with Crippen molar-refractivity contribution in [2.45, 2.75) is 26.8 Å². The van der Waals surface area contributed by atoms with Crippen LogP contribution in [0.15, 0.2) is 6.20 Å². The second-order valence-electron chi connectivity index (χ2n) is 4.69. The summed E-state index contributed by atoms with van der Waals surface area (Å²) in [6.45, 7) is 4.19. The lowest BCUT2D eigenvalue weighted by Gasteiger charge is -2.12. The van der Waals surface area contributed by atoms with Gasteiger partial charge in [0.2, 0.25) is 5.95 Å². The highest BCUT2D eigenvalue weighted by molar-refractivity contribution is 7.11. The van der Waals surface area contributed by atoms with Gasteiger partial charge < -0.3 is 10.2 Å². The van der Waals surface area contributed by atoms with E-state index in [2.05, 4.69) is 25.5 Å². The van der Waals surface area contributed by atoms with E-state index < -0.39 is 0 Å². The van der Waals surface area contributed by atoms with Crippen molar-refractivity contribution in [2.75, 3.05) is 19.0 Å². The maximum atomic E-state index is 12.1. The van der Waals surface area contributed by atoms with Gasteiger partial charge in [0.1, 0.15) is 10.0 Å². The number of nitrogens with one attached hydrogen (secondary N) is 1. The maximum Gasteiger partial charge on any atom is 0.255 e.